The summed E-state index contributed by atoms with van der Waals surface area (Å²) < 4.78 is 5.46. The molecule has 0 bridgehead atoms. The molecular weight excluding hydrogens is 356 g/mol. The molecule has 7 nitrogen and oxygen atoms in total. The van der Waals surface area contributed by atoms with Crippen molar-refractivity contribution in [2.75, 3.05) is 16.5 Å². The second-order valence-corrected chi connectivity index (χ2v) is 5.64. The molecule has 0 saturated carbocycles. The Morgan fingerprint density at radius 1 is 0.962 bits per heavy atom. The summed E-state index contributed by atoms with van der Waals surface area (Å²) in [6, 6.07) is 15.8. The molecule has 0 aliphatic heterocycles. The molecule has 3 aromatic rings. The maximum atomic E-state index is 12.5. The number of hydrogen-bond donors (Lipinski definition) is 2. The minimum absolute atomic E-state index is 0.0317. The number of carbonyl (C=O) groups excluding carboxylic acids is 2. The summed E-state index contributed by atoms with van der Waals surface area (Å²) in [4.78, 5) is 24.2. The molecular formula is C18H15ClN4O3. The number of anilines is 2. The lowest BCUT2D eigenvalue weighted by molar-refractivity contribution is -0.115. The maximum absolute atomic E-state index is 12.5. The molecule has 1 heterocycles. The van der Waals surface area contributed by atoms with Crippen molar-refractivity contribution in [2.24, 2.45) is 0 Å². The molecule has 1 aromatic heterocycles. The van der Waals surface area contributed by atoms with Crippen LogP contribution in [0.5, 0.6) is 0 Å². The van der Waals surface area contributed by atoms with Crippen molar-refractivity contribution >= 4 is 35.1 Å². The topological polar surface area (TPSA) is 97.1 Å². The predicted molar refractivity (Wildman–Crippen MR) is 98.1 cm³/mol. The lowest BCUT2D eigenvalue weighted by atomic mass is 10.1. The Bertz CT molecular complexity index is 912. The summed E-state index contributed by atoms with van der Waals surface area (Å²) in [5.41, 5.74) is 1.40. The van der Waals surface area contributed by atoms with Crippen LogP contribution in [-0.2, 0) is 4.79 Å². The molecule has 0 radical (unpaired) electrons. The van der Waals surface area contributed by atoms with E-state index in [2.05, 4.69) is 20.8 Å². The normalized spacial score (nSPS) is 10.3. The highest BCUT2D eigenvalue weighted by molar-refractivity contribution is 6.19. The standard InChI is InChI=1S/C18H15ClN4O3/c19-11-10-15(24)20-14-9-5-4-8-13(14)16(25)21-18-23-22-17(26-18)12-6-2-1-3-7-12/h1-9H,10-11H2,(H,20,24)(H,21,23,25). The van der Waals surface area contributed by atoms with Crippen molar-refractivity contribution in [3.05, 3.63) is 60.2 Å². The Labute approximate surface area is 154 Å². The van der Waals surface area contributed by atoms with Crippen LogP contribution in [0.3, 0.4) is 0 Å². The third-order valence-corrected chi connectivity index (χ3v) is 3.62. The van der Waals surface area contributed by atoms with Gasteiger partial charge in [0.25, 0.3) is 5.91 Å². The summed E-state index contributed by atoms with van der Waals surface area (Å²) in [6.07, 6.45) is 0.154. The molecule has 0 unspecified atom stereocenters. The number of rotatable bonds is 6. The highest BCUT2D eigenvalue weighted by Crippen LogP contribution is 2.21. The van der Waals surface area contributed by atoms with Crippen LogP contribution in [0.1, 0.15) is 16.8 Å². The first-order valence-corrected chi connectivity index (χ1v) is 8.36. The van der Waals surface area contributed by atoms with Gasteiger partial charge in [0.15, 0.2) is 0 Å². The number of amides is 2. The molecule has 8 heteroatoms. The smallest absolute Gasteiger partial charge is 0.322 e. The van der Waals surface area contributed by atoms with Crippen LogP contribution in [-0.4, -0.2) is 27.9 Å². The van der Waals surface area contributed by atoms with Crippen molar-refractivity contribution in [3.63, 3.8) is 0 Å². The van der Waals surface area contributed by atoms with Crippen molar-refractivity contribution in [1.29, 1.82) is 0 Å². The van der Waals surface area contributed by atoms with Gasteiger partial charge < -0.3 is 9.73 Å². The van der Waals surface area contributed by atoms with Gasteiger partial charge in [0.2, 0.25) is 11.8 Å². The van der Waals surface area contributed by atoms with Crippen LogP contribution in [0.25, 0.3) is 11.5 Å². The SMILES string of the molecule is O=C(CCCl)Nc1ccccc1C(=O)Nc1nnc(-c2ccccc2)o1. The molecule has 0 spiro atoms. The van der Waals surface area contributed by atoms with E-state index in [-0.39, 0.29) is 29.8 Å². The second kappa shape index (κ2) is 8.26. The third kappa shape index (κ3) is 4.25. The van der Waals surface area contributed by atoms with E-state index < -0.39 is 5.91 Å². The first-order valence-electron chi connectivity index (χ1n) is 7.82. The average molecular weight is 371 g/mol. The van der Waals surface area contributed by atoms with Crippen LogP contribution < -0.4 is 10.6 Å². The summed E-state index contributed by atoms with van der Waals surface area (Å²) >= 11 is 5.56. The summed E-state index contributed by atoms with van der Waals surface area (Å²) in [6.45, 7) is 0. The van der Waals surface area contributed by atoms with E-state index in [0.717, 1.165) is 5.56 Å². The molecule has 0 atom stereocenters. The van der Waals surface area contributed by atoms with Gasteiger partial charge in [-0.3, -0.25) is 14.9 Å². The number of carbonyl (C=O) groups is 2. The Balaban J connectivity index is 1.75. The van der Waals surface area contributed by atoms with Gasteiger partial charge in [-0.1, -0.05) is 35.4 Å². The third-order valence-electron chi connectivity index (χ3n) is 3.43. The number of nitrogens with zero attached hydrogens (tertiary/aromatic N) is 2. The van der Waals surface area contributed by atoms with Gasteiger partial charge >= 0.3 is 6.01 Å². The van der Waals surface area contributed by atoms with E-state index in [1.165, 1.54) is 0 Å². The van der Waals surface area contributed by atoms with E-state index in [1.54, 1.807) is 24.3 Å². The fraction of sp³-hybridized carbons (Fsp3) is 0.111. The van der Waals surface area contributed by atoms with Crippen LogP contribution in [0, 0.1) is 0 Å². The van der Waals surface area contributed by atoms with Crippen LogP contribution in [0.15, 0.2) is 59.0 Å². The number of hydrogen-bond acceptors (Lipinski definition) is 5. The zero-order chi connectivity index (χ0) is 18.4. The summed E-state index contributed by atoms with van der Waals surface area (Å²) in [7, 11) is 0. The molecule has 0 aliphatic carbocycles. The Kier molecular flexibility index (Phi) is 5.60. The molecule has 2 amide bonds. The van der Waals surface area contributed by atoms with Crippen molar-refractivity contribution in [1.82, 2.24) is 10.2 Å². The van der Waals surface area contributed by atoms with Gasteiger partial charge in [-0.25, -0.2) is 0 Å². The molecule has 0 saturated heterocycles. The molecule has 2 N–H and O–H groups in total. The number of halogens is 1. The van der Waals surface area contributed by atoms with Crippen LogP contribution >= 0.6 is 11.6 Å². The Hall–Kier alpha value is -3.19. The van der Waals surface area contributed by atoms with Crippen LogP contribution in [0.2, 0.25) is 0 Å². The predicted octanol–water partition coefficient (Wildman–Crippen LogP) is 3.56. The fourth-order valence-corrected chi connectivity index (χ4v) is 2.40. The Morgan fingerprint density at radius 2 is 1.69 bits per heavy atom. The van der Waals surface area contributed by atoms with Crippen molar-refractivity contribution < 1.29 is 14.0 Å². The van der Waals surface area contributed by atoms with Gasteiger partial charge in [0.05, 0.1) is 11.3 Å². The minimum atomic E-state index is -0.477. The summed E-state index contributed by atoms with van der Waals surface area (Å²) in [5, 5.41) is 12.9. The van der Waals surface area contributed by atoms with Gasteiger partial charge in [0, 0.05) is 17.9 Å². The zero-order valence-corrected chi connectivity index (χ0v) is 14.4. The largest absolute Gasteiger partial charge is 0.403 e. The van der Waals surface area contributed by atoms with Crippen LogP contribution in [0.4, 0.5) is 11.7 Å². The van der Waals surface area contributed by atoms with E-state index in [1.807, 2.05) is 30.3 Å². The molecule has 2 aromatic carbocycles. The molecule has 3 rings (SSSR count). The zero-order valence-electron chi connectivity index (χ0n) is 13.6. The van der Waals surface area contributed by atoms with E-state index in [0.29, 0.717) is 11.6 Å². The highest BCUT2D eigenvalue weighted by Gasteiger charge is 2.16. The molecule has 0 fully saturated rings. The van der Waals surface area contributed by atoms with E-state index in [4.69, 9.17) is 16.0 Å². The van der Waals surface area contributed by atoms with E-state index >= 15 is 0 Å². The first kappa shape index (κ1) is 17.6. The molecule has 26 heavy (non-hydrogen) atoms. The van der Waals surface area contributed by atoms with Gasteiger partial charge in [-0.15, -0.1) is 16.7 Å². The van der Waals surface area contributed by atoms with Gasteiger partial charge in [0.1, 0.15) is 0 Å². The number of para-hydroxylation sites is 1. The first-order chi connectivity index (χ1) is 12.7. The molecule has 0 aliphatic rings. The summed E-state index contributed by atoms with van der Waals surface area (Å²) in [5.74, 6) is -0.256. The van der Waals surface area contributed by atoms with Crippen molar-refractivity contribution in [2.45, 2.75) is 6.42 Å². The maximum Gasteiger partial charge on any atom is 0.322 e. The average Bonchev–Trinajstić information content (AvgIpc) is 3.11. The number of aromatic nitrogens is 2. The van der Waals surface area contributed by atoms with E-state index in [9.17, 15) is 9.59 Å². The van der Waals surface area contributed by atoms with Gasteiger partial charge in [-0.05, 0) is 24.3 Å². The Morgan fingerprint density at radius 3 is 2.46 bits per heavy atom. The van der Waals surface area contributed by atoms with Gasteiger partial charge in [-0.2, -0.15) is 0 Å². The van der Waals surface area contributed by atoms with Crippen molar-refractivity contribution in [3.8, 4) is 11.5 Å². The number of nitrogens with one attached hydrogen (secondary N) is 2. The monoisotopic (exact) mass is 370 g/mol. The highest BCUT2D eigenvalue weighted by atomic mass is 35.5. The number of benzene rings is 2. The lowest BCUT2D eigenvalue weighted by Crippen LogP contribution is -2.18. The minimum Gasteiger partial charge on any atom is -0.403 e. The lowest BCUT2D eigenvalue weighted by Gasteiger charge is -2.09. The number of alkyl halides is 1. The fourth-order valence-electron chi connectivity index (χ4n) is 2.22. The molecule has 132 valence electrons. The quantitative estimate of drug-likeness (QED) is 0.646. The second-order valence-electron chi connectivity index (χ2n) is 5.27.